The first-order chi connectivity index (χ1) is 15.4. The van der Waals surface area contributed by atoms with Crippen LogP contribution in [0.25, 0.3) is 0 Å². The third-order valence-electron chi connectivity index (χ3n) is 4.87. The number of benzene rings is 2. The van der Waals surface area contributed by atoms with Crippen LogP contribution in [-0.2, 0) is 26.2 Å². The first kappa shape index (κ1) is 27.0. The van der Waals surface area contributed by atoms with Gasteiger partial charge in [0.1, 0.15) is 12.6 Å². The molecule has 0 spiro atoms. The van der Waals surface area contributed by atoms with Crippen LogP contribution in [-0.4, -0.2) is 50.0 Å². The van der Waals surface area contributed by atoms with Crippen molar-refractivity contribution in [3.05, 3.63) is 64.1 Å². The summed E-state index contributed by atoms with van der Waals surface area (Å²) in [5, 5.41) is 3.28. The van der Waals surface area contributed by atoms with Crippen molar-refractivity contribution in [2.24, 2.45) is 0 Å². The quantitative estimate of drug-likeness (QED) is 0.518. The number of nitrogens with zero attached hydrogens (tertiary/aromatic N) is 2. The molecule has 2 aromatic carbocycles. The van der Waals surface area contributed by atoms with E-state index < -0.39 is 28.5 Å². The third-order valence-corrected chi connectivity index (χ3v) is 6.53. The van der Waals surface area contributed by atoms with Crippen LogP contribution in [0.1, 0.15) is 32.8 Å². The largest absolute Gasteiger partial charge is 0.352 e. The molecule has 1 atom stereocenters. The van der Waals surface area contributed by atoms with Crippen LogP contribution in [0.5, 0.6) is 0 Å². The monoisotopic (exact) mass is 513 g/mol. The highest BCUT2D eigenvalue weighted by molar-refractivity contribution is 7.92. The molecule has 7 nitrogen and oxygen atoms in total. The van der Waals surface area contributed by atoms with Crippen molar-refractivity contribution in [1.29, 1.82) is 0 Å². The number of sulfonamides is 1. The average molecular weight is 514 g/mol. The van der Waals surface area contributed by atoms with Crippen LogP contribution >= 0.6 is 23.2 Å². The van der Waals surface area contributed by atoms with Gasteiger partial charge in [-0.1, -0.05) is 60.5 Å². The Bertz CT molecular complexity index is 1080. The van der Waals surface area contributed by atoms with Crippen LogP contribution in [0.3, 0.4) is 0 Å². The van der Waals surface area contributed by atoms with E-state index in [-0.39, 0.29) is 29.2 Å². The predicted octanol–water partition coefficient (Wildman–Crippen LogP) is 4.09. The topological polar surface area (TPSA) is 86.8 Å². The minimum absolute atomic E-state index is 0.0972. The van der Waals surface area contributed by atoms with Gasteiger partial charge in [0.15, 0.2) is 0 Å². The van der Waals surface area contributed by atoms with Crippen molar-refractivity contribution in [2.75, 3.05) is 17.1 Å². The van der Waals surface area contributed by atoms with E-state index in [4.69, 9.17) is 23.2 Å². The number of nitrogens with one attached hydrogen (secondary N) is 1. The lowest BCUT2D eigenvalue weighted by atomic mass is 10.1. The smallest absolute Gasteiger partial charge is 0.244 e. The summed E-state index contributed by atoms with van der Waals surface area (Å²) >= 11 is 12.2. The SMILES string of the molecule is CC[C@@H](C(=O)NC(C)C)N(Cc1ccccc1)C(=O)CN(c1ccc(Cl)cc1Cl)S(C)(=O)=O. The minimum atomic E-state index is -3.87. The molecular formula is C23H29Cl2N3O4S. The summed E-state index contributed by atoms with van der Waals surface area (Å²) in [7, 11) is -3.87. The van der Waals surface area contributed by atoms with Crippen LogP contribution in [0.2, 0.25) is 10.0 Å². The molecule has 180 valence electrons. The van der Waals surface area contributed by atoms with E-state index in [1.165, 1.54) is 23.1 Å². The van der Waals surface area contributed by atoms with E-state index in [0.717, 1.165) is 16.1 Å². The molecule has 0 bridgehead atoms. The Kier molecular flexibility index (Phi) is 9.57. The van der Waals surface area contributed by atoms with E-state index in [0.29, 0.717) is 11.4 Å². The van der Waals surface area contributed by atoms with Gasteiger partial charge in [-0.15, -0.1) is 0 Å². The number of halogens is 2. The van der Waals surface area contributed by atoms with Gasteiger partial charge in [0.25, 0.3) is 0 Å². The van der Waals surface area contributed by atoms with Gasteiger partial charge in [0.2, 0.25) is 21.8 Å². The molecule has 10 heteroatoms. The summed E-state index contributed by atoms with van der Waals surface area (Å²) in [5.41, 5.74) is 0.952. The third kappa shape index (κ3) is 7.62. The zero-order valence-corrected chi connectivity index (χ0v) is 21.4. The Morgan fingerprint density at radius 3 is 2.21 bits per heavy atom. The van der Waals surface area contributed by atoms with Gasteiger partial charge in [-0.3, -0.25) is 13.9 Å². The van der Waals surface area contributed by atoms with Crippen LogP contribution in [0.15, 0.2) is 48.5 Å². The second kappa shape index (κ2) is 11.7. The van der Waals surface area contributed by atoms with E-state index in [1.54, 1.807) is 6.92 Å². The number of hydrogen-bond acceptors (Lipinski definition) is 4. The summed E-state index contributed by atoms with van der Waals surface area (Å²) in [6.45, 7) is 5.11. The van der Waals surface area contributed by atoms with Crippen molar-refractivity contribution in [1.82, 2.24) is 10.2 Å². The fraction of sp³-hybridized carbons (Fsp3) is 0.391. The summed E-state index contributed by atoms with van der Waals surface area (Å²) in [6, 6.07) is 12.7. The number of amides is 2. The number of carbonyl (C=O) groups excluding carboxylic acids is 2. The van der Waals surface area contributed by atoms with Crippen molar-refractivity contribution < 1.29 is 18.0 Å². The van der Waals surface area contributed by atoms with Gasteiger partial charge < -0.3 is 10.2 Å². The molecule has 0 aliphatic rings. The molecule has 2 aromatic rings. The Morgan fingerprint density at radius 1 is 1.06 bits per heavy atom. The maximum absolute atomic E-state index is 13.5. The lowest BCUT2D eigenvalue weighted by molar-refractivity contribution is -0.140. The van der Waals surface area contributed by atoms with E-state index in [9.17, 15) is 18.0 Å². The van der Waals surface area contributed by atoms with Gasteiger partial charge in [-0.25, -0.2) is 8.42 Å². The Labute approximate surface area is 205 Å². The van der Waals surface area contributed by atoms with Gasteiger partial charge in [0, 0.05) is 17.6 Å². The van der Waals surface area contributed by atoms with E-state index >= 15 is 0 Å². The van der Waals surface area contributed by atoms with Gasteiger partial charge in [0.05, 0.1) is 17.0 Å². The number of carbonyl (C=O) groups is 2. The van der Waals surface area contributed by atoms with Gasteiger partial charge in [-0.2, -0.15) is 0 Å². The fourth-order valence-electron chi connectivity index (χ4n) is 3.36. The Morgan fingerprint density at radius 2 is 1.70 bits per heavy atom. The Balaban J connectivity index is 2.45. The summed E-state index contributed by atoms with van der Waals surface area (Å²) < 4.78 is 26.1. The molecule has 1 N–H and O–H groups in total. The molecular weight excluding hydrogens is 485 g/mol. The van der Waals surface area contributed by atoms with E-state index in [1.807, 2.05) is 44.2 Å². The minimum Gasteiger partial charge on any atom is -0.352 e. The average Bonchev–Trinajstić information content (AvgIpc) is 2.71. The fourth-order valence-corrected chi connectivity index (χ4v) is 4.78. The molecule has 0 saturated heterocycles. The van der Waals surface area contributed by atoms with E-state index in [2.05, 4.69) is 5.32 Å². The van der Waals surface area contributed by atoms with Crippen LogP contribution in [0.4, 0.5) is 5.69 Å². The highest BCUT2D eigenvalue weighted by Crippen LogP contribution is 2.30. The molecule has 0 heterocycles. The highest BCUT2D eigenvalue weighted by atomic mass is 35.5. The summed E-state index contributed by atoms with van der Waals surface area (Å²) in [5.74, 6) is -0.826. The maximum Gasteiger partial charge on any atom is 0.244 e. The predicted molar refractivity (Wildman–Crippen MR) is 133 cm³/mol. The molecule has 0 unspecified atom stereocenters. The van der Waals surface area contributed by atoms with Crippen molar-refractivity contribution >= 4 is 50.7 Å². The normalized spacial score (nSPS) is 12.3. The van der Waals surface area contributed by atoms with Crippen LogP contribution < -0.4 is 9.62 Å². The lowest BCUT2D eigenvalue weighted by Crippen LogP contribution is -2.53. The zero-order valence-electron chi connectivity index (χ0n) is 19.1. The standard InChI is InChI=1S/C23H29Cl2N3O4S/c1-5-20(23(30)26-16(2)3)27(14-17-9-7-6-8-10-17)22(29)15-28(33(4,31)32)21-12-11-18(24)13-19(21)25/h6-13,16,20H,5,14-15H2,1-4H3,(H,26,30)/t20-/m0/s1. The van der Waals surface area contributed by atoms with Gasteiger partial charge in [-0.05, 0) is 44.0 Å². The van der Waals surface area contributed by atoms with Crippen molar-refractivity contribution in [3.63, 3.8) is 0 Å². The summed E-state index contributed by atoms with van der Waals surface area (Å²) in [4.78, 5) is 27.8. The lowest BCUT2D eigenvalue weighted by Gasteiger charge is -2.33. The molecule has 0 radical (unpaired) electrons. The molecule has 2 amide bonds. The maximum atomic E-state index is 13.5. The molecule has 0 aromatic heterocycles. The second-order valence-corrected chi connectivity index (χ2v) is 10.7. The molecule has 0 saturated carbocycles. The molecule has 0 aliphatic carbocycles. The number of anilines is 1. The first-order valence-corrected chi connectivity index (χ1v) is 13.1. The molecule has 2 rings (SSSR count). The first-order valence-electron chi connectivity index (χ1n) is 10.5. The second-order valence-electron chi connectivity index (χ2n) is 7.96. The number of hydrogen-bond donors (Lipinski definition) is 1. The van der Waals surface area contributed by atoms with Crippen molar-refractivity contribution in [3.8, 4) is 0 Å². The molecule has 33 heavy (non-hydrogen) atoms. The van der Waals surface area contributed by atoms with Crippen LogP contribution in [0, 0.1) is 0 Å². The number of rotatable bonds is 10. The summed E-state index contributed by atoms with van der Waals surface area (Å²) in [6.07, 6.45) is 1.35. The molecule has 0 aliphatic heterocycles. The van der Waals surface area contributed by atoms with Gasteiger partial charge >= 0.3 is 0 Å². The van der Waals surface area contributed by atoms with Crippen molar-refractivity contribution in [2.45, 2.75) is 45.8 Å². The zero-order chi connectivity index (χ0) is 24.8. The molecule has 0 fully saturated rings. The highest BCUT2D eigenvalue weighted by Gasteiger charge is 2.32. The Hall–Kier alpha value is -2.29.